The fourth-order valence-corrected chi connectivity index (χ4v) is 2.74. The summed E-state index contributed by atoms with van der Waals surface area (Å²) in [6.45, 7) is 1.50. The molecule has 1 saturated heterocycles. The lowest BCUT2D eigenvalue weighted by atomic mass is 10.0. The van der Waals surface area contributed by atoms with Gasteiger partial charge in [-0.3, -0.25) is 9.59 Å². The van der Waals surface area contributed by atoms with Gasteiger partial charge in [0.05, 0.1) is 0 Å². The normalized spacial score (nSPS) is 18.5. The maximum atomic E-state index is 12.1. The predicted octanol–water partition coefficient (Wildman–Crippen LogP) is 1.82. The highest BCUT2D eigenvalue weighted by atomic mass is 35.5. The number of nitrogens with one attached hydrogen (secondary N) is 1. The van der Waals surface area contributed by atoms with E-state index >= 15 is 0 Å². The van der Waals surface area contributed by atoms with E-state index in [2.05, 4.69) is 5.32 Å². The van der Waals surface area contributed by atoms with Gasteiger partial charge < -0.3 is 16.0 Å². The maximum absolute atomic E-state index is 12.1. The van der Waals surface area contributed by atoms with Crippen LogP contribution in [0.3, 0.4) is 0 Å². The minimum Gasteiger partial charge on any atom is -0.399 e. The summed E-state index contributed by atoms with van der Waals surface area (Å²) in [7, 11) is 0. The van der Waals surface area contributed by atoms with Crippen LogP contribution in [0.4, 0.5) is 5.69 Å². The molecular weight excluding hydrogens is 302 g/mol. The van der Waals surface area contributed by atoms with Crippen LogP contribution in [-0.4, -0.2) is 35.8 Å². The molecule has 0 spiro atoms. The zero-order valence-electron chi connectivity index (χ0n) is 12.5. The van der Waals surface area contributed by atoms with Crippen LogP contribution >= 0.6 is 12.4 Å². The Balaban J connectivity index is 0.00000176. The number of nitrogens with two attached hydrogens (primary N) is 1. The minimum atomic E-state index is -0.0676. The van der Waals surface area contributed by atoms with E-state index in [4.69, 9.17) is 5.73 Å². The number of nitrogen functional groups attached to an aromatic ring is 1. The average molecular weight is 324 g/mol. The third-order valence-electron chi connectivity index (χ3n) is 4.24. The van der Waals surface area contributed by atoms with Gasteiger partial charge in [0.25, 0.3) is 5.91 Å². The quantitative estimate of drug-likeness (QED) is 0.833. The summed E-state index contributed by atoms with van der Waals surface area (Å²) in [6.07, 6.45) is 3.76. The van der Waals surface area contributed by atoms with Gasteiger partial charge in [-0.2, -0.15) is 0 Å². The van der Waals surface area contributed by atoms with Crippen molar-refractivity contribution < 1.29 is 9.59 Å². The van der Waals surface area contributed by atoms with Gasteiger partial charge in [-0.1, -0.05) is 0 Å². The Morgan fingerprint density at radius 3 is 2.18 bits per heavy atom. The van der Waals surface area contributed by atoms with Crippen LogP contribution in [0.15, 0.2) is 24.3 Å². The first-order valence-corrected chi connectivity index (χ1v) is 7.58. The number of anilines is 1. The van der Waals surface area contributed by atoms with Crippen molar-refractivity contribution in [2.24, 2.45) is 5.92 Å². The fraction of sp³-hybridized carbons (Fsp3) is 0.500. The van der Waals surface area contributed by atoms with Gasteiger partial charge in [0.2, 0.25) is 5.91 Å². The third-order valence-corrected chi connectivity index (χ3v) is 4.24. The molecule has 2 amide bonds. The smallest absolute Gasteiger partial charge is 0.251 e. The summed E-state index contributed by atoms with van der Waals surface area (Å²) in [4.78, 5) is 26.0. The molecule has 0 unspecified atom stereocenters. The van der Waals surface area contributed by atoms with Gasteiger partial charge in [-0.05, 0) is 49.9 Å². The highest BCUT2D eigenvalue weighted by Crippen LogP contribution is 2.31. The largest absolute Gasteiger partial charge is 0.399 e. The summed E-state index contributed by atoms with van der Waals surface area (Å²) in [5.41, 5.74) is 6.89. The highest BCUT2D eigenvalue weighted by Gasteiger charge is 2.35. The number of hydrogen-bond donors (Lipinski definition) is 2. The van der Waals surface area contributed by atoms with E-state index in [0.717, 1.165) is 38.8 Å². The molecule has 0 bridgehead atoms. The van der Waals surface area contributed by atoms with Crippen LogP contribution < -0.4 is 11.1 Å². The molecule has 0 radical (unpaired) electrons. The standard InChI is InChI=1S/C16H21N3O2.ClH/c17-13-5-3-11(4-6-13)15(20)18-14-7-9-19(10-8-14)16(21)12-1-2-12;/h3-6,12,14H,1-2,7-10,17H2,(H,18,20);1H. The Hall–Kier alpha value is -1.75. The topological polar surface area (TPSA) is 75.4 Å². The van der Waals surface area contributed by atoms with Crippen LogP contribution in [0.2, 0.25) is 0 Å². The summed E-state index contributed by atoms with van der Waals surface area (Å²) < 4.78 is 0. The van der Waals surface area contributed by atoms with Crippen LogP contribution in [0.5, 0.6) is 0 Å². The van der Waals surface area contributed by atoms with Gasteiger partial charge in [-0.25, -0.2) is 0 Å². The van der Waals surface area contributed by atoms with Crippen LogP contribution in [-0.2, 0) is 4.79 Å². The summed E-state index contributed by atoms with van der Waals surface area (Å²) in [5, 5.41) is 3.04. The average Bonchev–Trinajstić information content (AvgIpc) is 3.32. The number of piperidine rings is 1. The molecule has 5 nitrogen and oxygen atoms in total. The van der Waals surface area contributed by atoms with Crippen molar-refractivity contribution in [3.8, 4) is 0 Å². The Morgan fingerprint density at radius 2 is 1.64 bits per heavy atom. The Morgan fingerprint density at radius 1 is 1.05 bits per heavy atom. The SMILES string of the molecule is Cl.Nc1ccc(C(=O)NC2CCN(C(=O)C3CC3)CC2)cc1. The van der Waals surface area contributed by atoms with Crippen LogP contribution in [0.1, 0.15) is 36.0 Å². The summed E-state index contributed by atoms with van der Waals surface area (Å²) in [6, 6.07) is 7.07. The molecular formula is C16H22ClN3O2. The first-order chi connectivity index (χ1) is 10.1. The molecule has 1 aromatic carbocycles. The number of benzene rings is 1. The summed E-state index contributed by atoms with van der Waals surface area (Å²) in [5.74, 6) is 0.520. The number of nitrogens with zero attached hydrogens (tertiary/aromatic N) is 1. The number of carbonyl (C=O) groups is 2. The zero-order chi connectivity index (χ0) is 14.8. The molecule has 1 aliphatic carbocycles. The predicted molar refractivity (Wildman–Crippen MR) is 87.9 cm³/mol. The molecule has 1 aliphatic heterocycles. The van der Waals surface area contributed by atoms with E-state index in [0.29, 0.717) is 17.2 Å². The van der Waals surface area contributed by atoms with Gasteiger partial charge in [0.1, 0.15) is 0 Å². The Labute approximate surface area is 136 Å². The number of likely N-dealkylation sites (tertiary alicyclic amines) is 1. The second kappa shape index (κ2) is 7.01. The third kappa shape index (κ3) is 3.91. The molecule has 1 aromatic rings. The lowest BCUT2D eigenvalue weighted by Crippen LogP contribution is -2.47. The van der Waals surface area contributed by atoms with Gasteiger partial charge in [0.15, 0.2) is 0 Å². The number of rotatable bonds is 3. The molecule has 3 N–H and O–H groups in total. The zero-order valence-corrected chi connectivity index (χ0v) is 13.3. The van der Waals surface area contributed by atoms with E-state index < -0.39 is 0 Å². The number of hydrogen-bond acceptors (Lipinski definition) is 3. The van der Waals surface area contributed by atoms with Crippen molar-refractivity contribution in [1.82, 2.24) is 10.2 Å². The van der Waals surface area contributed by atoms with E-state index in [-0.39, 0.29) is 30.3 Å². The van der Waals surface area contributed by atoms with Gasteiger partial charge >= 0.3 is 0 Å². The van der Waals surface area contributed by atoms with Crippen LogP contribution in [0.25, 0.3) is 0 Å². The second-order valence-electron chi connectivity index (χ2n) is 5.97. The van der Waals surface area contributed by atoms with Crippen molar-refractivity contribution in [3.63, 3.8) is 0 Å². The minimum absolute atomic E-state index is 0. The van der Waals surface area contributed by atoms with Crippen molar-refractivity contribution >= 4 is 29.9 Å². The molecule has 0 aromatic heterocycles. The van der Waals surface area contributed by atoms with Gasteiger partial charge in [0, 0.05) is 36.3 Å². The molecule has 2 fully saturated rings. The molecule has 3 rings (SSSR count). The number of carbonyl (C=O) groups excluding carboxylic acids is 2. The van der Waals surface area contributed by atoms with E-state index in [1.54, 1.807) is 24.3 Å². The lowest BCUT2D eigenvalue weighted by molar-refractivity contribution is -0.133. The first kappa shape index (κ1) is 16.6. The molecule has 2 aliphatic rings. The Bertz CT molecular complexity index is 535. The number of halogens is 1. The van der Waals surface area contributed by atoms with Crippen molar-refractivity contribution in [2.45, 2.75) is 31.7 Å². The van der Waals surface area contributed by atoms with E-state index in [9.17, 15) is 9.59 Å². The van der Waals surface area contributed by atoms with Crippen molar-refractivity contribution in [1.29, 1.82) is 0 Å². The maximum Gasteiger partial charge on any atom is 0.251 e. The molecule has 6 heteroatoms. The van der Waals surface area contributed by atoms with Crippen LogP contribution in [0, 0.1) is 5.92 Å². The first-order valence-electron chi connectivity index (χ1n) is 7.58. The molecule has 22 heavy (non-hydrogen) atoms. The highest BCUT2D eigenvalue weighted by molar-refractivity contribution is 5.94. The molecule has 120 valence electrons. The Kier molecular flexibility index (Phi) is 5.29. The second-order valence-corrected chi connectivity index (χ2v) is 5.97. The fourth-order valence-electron chi connectivity index (χ4n) is 2.74. The van der Waals surface area contributed by atoms with E-state index in [1.807, 2.05) is 4.90 Å². The van der Waals surface area contributed by atoms with E-state index in [1.165, 1.54) is 0 Å². The van der Waals surface area contributed by atoms with Gasteiger partial charge in [-0.15, -0.1) is 12.4 Å². The monoisotopic (exact) mass is 323 g/mol. The molecule has 1 heterocycles. The summed E-state index contributed by atoms with van der Waals surface area (Å²) >= 11 is 0. The molecule has 0 atom stereocenters. The number of amides is 2. The van der Waals surface area contributed by atoms with Crippen molar-refractivity contribution in [3.05, 3.63) is 29.8 Å². The molecule has 1 saturated carbocycles. The lowest BCUT2D eigenvalue weighted by Gasteiger charge is -2.32. The van der Waals surface area contributed by atoms with Crippen molar-refractivity contribution in [2.75, 3.05) is 18.8 Å².